The maximum atomic E-state index is 10.1. The standard InChI is InChI=1S/C24H42O8/c1-16(2)20(25)29-12-9-24(15-32-23(28)19(7)8,10-13-30-21(26)17(3)4)11-14-31-22(27)18(5)6/h20-23,25-28H,1,3,5,7,9-15H2,2,4,6,8H3. The molecule has 0 rings (SSSR count). The summed E-state index contributed by atoms with van der Waals surface area (Å²) in [4.78, 5) is 0. The summed E-state index contributed by atoms with van der Waals surface area (Å²) in [7, 11) is 0. The molecule has 0 aliphatic rings. The Balaban J connectivity index is 5.43. The van der Waals surface area contributed by atoms with Crippen molar-refractivity contribution in [1.29, 1.82) is 0 Å². The Bertz CT molecular complexity index is 551. The van der Waals surface area contributed by atoms with Crippen molar-refractivity contribution in [1.82, 2.24) is 0 Å². The van der Waals surface area contributed by atoms with Gasteiger partial charge >= 0.3 is 0 Å². The first-order chi connectivity index (χ1) is 14.8. The Morgan fingerprint density at radius 2 is 0.812 bits per heavy atom. The lowest BCUT2D eigenvalue weighted by Crippen LogP contribution is -2.35. The molecule has 0 bridgehead atoms. The van der Waals surface area contributed by atoms with E-state index in [2.05, 4.69) is 26.3 Å². The van der Waals surface area contributed by atoms with Crippen molar-refractivity contribution < 1.29 is 39.4 Å². The number of aliphatic hydroxyl groups excluding tert-OH is 4. The van der Waals surface area contributed by atoms with Crippen molar-refractivity contribution in [2.45, 2.75) is 72.1 Å². The van der Waals surface area contributed by atoms with Gasteiger partial charge in [0, 0.05) is 5.41 Å². The van der Waals surface area contributed by atoms with Gasteiger partial charge in [-0.05, 0) is 69.2 Å². The van der Waals surface area contributed by atoms with Crippen LogP contribution in [0.25, 0.3) is 0 Å². The molecule has 4 atom stereocenters. The van der Waals surface area contributed by atoms with E-state index in [1.807, 2.05) is 0 Å². The highest BCUT2D eigenvalue weighted by atomic mass is 16.6. The second-order valence-electron chi connectivity index (χ2n) is 8.47. The first-order valence-electron chi connectivity index (χ1n) is 10.6. The van der Waals surface area contributed by atoms with Gasteiger partial charge in [0.15, 0.2) is 25.2 Å². The number of hydrogen-bond acceptors (Lipinski definition) is 8. The molecule has 0 radical (unpaired) electrons. The van der Waals surface area contributed by atoms with E-state index < -0.39 is 30.6 Å². The van der Waals surface area contributed by atoms with Gasteiger partial charge in [-0.25, -0.2) is 0 Å². The van der Waals surface area contributed by atoms with Gasteiger partial charge in [0.2, 0.25) is 0 Å². The first-order valence-corrected chi connectivity index (χ1v) is 10.6. The molecule has 8 nitrogen and oxygen atoms in total. The quantitative estimate of drug-likeness (QED) is 0.172. The fourth-order valence-electron chi connectivity index (χ4n) is 2.58. The molecular weight excluding hydrogens is 416 g/mol. The molecule has 186 valence electrons. The summed E-state index contributed by atoms with van der Waals surface area (Å²) in [6.45, 7) is 21.9. The van der Waals surface area contributed by atoms with E-state index in [0.717, 1.165) is 0 Å². The van der Waals surface area contributed by atoms with Crippen LogP contribution in [0.4, 0.5) is 0 Å². The van der Waals surface area contributed by atoms with Crippen LogP contribution >= 0.6 is 0 Å². The van der Waals surface area contributed by atoms with Gasteiger partial charge in [0.1, 0.15) is 0 Å². The van der Waals surface area contributed by atoms with Gasteiger partial charge in [-0.1, -0.05) is 26.3 Å². The predicted molar refractivity (Wildman–Crippen MR) is 123 cm³/mol. The molecule has 0 saturated carbocycles. The third-order valence-corrected chi connectivity index (χ3v) is 4.96. The summed E-state index contributed by atoms with van der Waals surface area (Å²) in [5.41, 5.74) is 1.26. The molecule has 0 saturated heterocycles. The Kier molecular flexibility index (Phi) is 14.8. The fourth-order valence-corrected chi connectivity index (χ4v) is 2.58. The molecule has 0 heterocycles. The van der Waals surface area contributed by atoms with Crippen LogP contribution < -0.4 is 0 Å². The predicted octanol–water partition coefficient (Wildman–Crippen LogP) is 2.79. The average Bonchev–Trinajstić information content (AvgIpc) is 2.70. The summed E-state index contributed by atoms with van der Waals surface area (Å²) in [6, 6.07) is 0. The number of aliphatic hydroxyl groups is 4. The Hall–Kier alpha value is -1.36. The minimum atomic E-state index is -1.15. The number of hydrogen-bond donors (Lipinski definition) is 4. The van der Waals surface area contributed by atoms with Crippen LogP contribution in [0.1, 0.15) is 47.0 Å². The van der Waals surface area contributed by atoms with E-state index in [1.165, 1.54) is 0 Å². The fraction of sp³-hybridized carbons (Fsp3) is 0.667. The van der Waals surface area contributed by atoms with Crippen LogP contribution in [0.5, 0.6) is 0 Å². The van der Waals surface area contributed by atoms with Crippen LogP contribution in [-0.2, 0) is 18.9 Å². The molecule has 0 spiro atoms. The Morgan fingerprint density at radius 3 is 1.06 bits per heavy atom. The van der Waals surface area contributed by atoms with Gasteiger partial charge < -0.3 is 39.4 Å². The highest BCUT2D eigenvalue weighted by molar-refractivity contribution is 4.94. The second-order valence-corrected chi connectivity index (χ2v) is 8.47. The summed E-state index contributed by atoms with van der Waals surface area (Å²) in [6.07, 6.45) is -3.20. The molecule has 0 fully saturated rings. The van der Waals surface area contributed by atoms with Gasteiger partial charge in [-0.3, -0.25) is 0 Å². The molecule has 8 heteroatoms. The normalized spacial score (nSPS) is 17.1. The third-order valence-electron chi connectivity index (χ3n) is 4.96. The zero-order chi connectivity index (χ0) is 24.9. The van der Waals surface area contributed by atoms with Crippen molar-refractivity contribution in [3.63, 3.8) is 0 Å². The van der Waals surface area contributed by atoms with Crippen LogP contribution in [-0.4, -0.2) is 72.0 Å². The molecule has 0 aromatic heterocycles. The van der Waals surface area contributed by atoms with Crippen molar-refractivity contribution in [3.05, 3.63) is 48.6 Å². The molecule has 4 N–H and O–H groups in total. The van der Waals surface area contributed by atoms with Gasteiger partial charge in [0.05, 0.1) is 26.4 Å². The van der Waals surface area contributed by atoms with Gasteiger partial charge in [0.25, 0.3) is 0 Å². The summed E-state index contributed by atoms with van der Waals surface area (Å²) < 4.78 is 22.0. The Labute approximate surface area is 192 Å². The van der Waals surface area contributed by atoms with Crippen molar-refractivity contribution >= 4 is 0 Å². The van der Waals surface area contributed by atoms with Crippen LogP contribution in [0.3, 0.4) is 0 Å². The molecule has 0 amide bonds. The molecule has 0 aromatic carbocycles. The lowest BCUT2D eigenvalue weighted by Gasteiger charge is -2.35. The summed E-state index contributed by atoms with van der Waals surface area (Å²) >= 11 is 0. The number of ether oxygens (including phenoxy) is 4. The molecule has 0 aliphatic carbocycles. The minimum Gasteiger partial charge on any atom is -0.364 e. The summed E-state index contributed by atoms with van der Waals surface area (Å²) in [5, 5.41) is 39.8. The van der Waals surface area contributed by atoms with Crippen LogP contribution in [0.15, 0.2) is 48.6 Å². The van der Waals surface area contributed by atoms with Gasteiger partial charge in [-0.15, -0.1) is 0 Å². The van der Waals surface area contributed by atoms with E-state index in [4.69, 9.17) is 18.9 Å². The van der Waals surface area contributed by atoms with E-state index in [9.17, 15) is 20.4 Å². The van der Waals surface area contributed by atoms with Gasteiger partial charge in [-0.2, -0.15) is 0 Å². The van der Waals surface area contributed by atoms with Crippen LogP contribution in [0, 0.1) is 5.41 Å². The molecule has 0 aliphatic heterocycles. The molecular formula is C24H42O8. The Morgan fingerprint density at radius 1 is 0.562 bits per heavy atom. The average molecular weight is 459 g/mol. The largest absolute Gasteiger partial charge is 0.364 e. The van der Waals surface area contributed by atoms with E-state index in [0.29, 0.717) is 41.6 Å². The lowest BCUT2D eigenvalue weighted by atomic mass is 9.79. The zero-order valence-electron chi connectivity index (χ0n) is 20.0. The van der Waals surface area contributed by atoms with Crippen molar-refractivity contribution in [2.24, 2.45) is 5.41 Å². The third kappa shape index (κ3) is 12.6. The minimum absolute atomic E-state index is 0.104. The topological polar surface area (TPSA) is 118 Å². The molecule has 4 unspecified atom stereocenters. The highest BCUT2D eigenvalue weighted by Crippen LogP contribution is 2.33. The maximum Gasteiger partial charge on any atom is 0.176 e. The maximum absolute atomic E-state index is 10.1. The number of rotatable bonds is 19. The summed E-state index contributed by atoms with van der Waals surface area (Å²) in [5.74, 6) is 0. The first kappa shape index (κ1) is 30.6. The van der Waals surface area contributed by atoms with E-state index in [-0.39, 0.29) is 26.4 Å². The lowest BCUT2D eigenvalue weighted by molar-refractivity contribution is -0.141. The SMILES string of the molecule is C=C(C)C(O)OCCC(CCOC(O)C(=C)C)(CCOC(O)C(=C)C)COC(O)C(=C)C. The smallest absolute Gasteiger partial charge is 0.176 e. The van der Waals surface area contributed by atoms with Crippen LogP contribution in [0.2, 0.25) is 0 Å². The molecule has 32 heavy (non-hydrogen) atoms. The van der Waals surface area contributed by atoms with E-state index in [1.54, 1.807) is 27.7 Å². The highest BCUT2D eigenvalue weighted by Gasteiger charge is 2.32. The molecule has 0 aromatic rings. The zero-order valence-corrected chi connectivity index (χ0v) is 20.0. The monoisotopic (exact) mass is 458 g/mol. The van der Waals surface area contributed by atoms with Crippen molar-refractivity contribution in [3.8, 4) is 0 Å². The van der Waals surface area contributed by atoms with E-state index >= 15 is 0 Å². The second kappa shape index (κ2) is 15.5. The van der Waals surface area contributed by atoms with Crippen molar-refractivity contribution in [2.75, 3.05) is 26.4 Å².